The maximum atomic E-state index is 11.8. The minimum Gasteiger partial charge on any atom is -0.496 e. The van der Waals surface area contributed by atoms with Gasteiger partial charge in [0, 0.05) is 11.1 Å². The van der Waals surface area contributed by atoms with E-state index in [2.05, 4.69) is 15.9 Å². The van der Waals surface area contributed by atoms with Gasteiger partial charge in [-0.2, -0.15) is 0 Å². The van der Waals surface area contributed by atoms with Crippen molar-refractivity contribution >= 4 is 21.7 Å². The zero-order chi connectivity index (χ0) is 12.0. The average Bonchev–Trinajstić information content (AvgIpc) is 2.29. The van der Waals surface area contributed by atoms with Crippen LogP contribution in [0.2, 0.25) is 0 Å². The van der Waals surface area contributed by atoms with E-state index in [4.69, 9.17) is 9.47 Å². The fourth-order valence-corrected chi connectivity index (χ4v) is 1.62. The van der Waals surface area contributed by atoms with Crippen molar-refractivity contribution in [1.82, 2.24) is 0 Å². The summed E-state index contributed by atoms with van der Waals surface area (Å²) in [6.45, 7) is 2.71. The number of benzene rings is 1. The van der Waals surface area contributed by atoms with Crippen molar-refractivity contribution in [2.75, 3.05) is 20.3 Å². The molecule has 0 unspecified atom stereocenters. The van der Waals surface area contributed by atoms with Gasteiger partial charge in [-0.3, -0.25) is 4.79 Å². The Bertz CT molecular complexity index is 363. The van der Waals surface area contributed by atoms with Crippen LogP contribution >= 0.6 is 15.9 Å². The zero-order valence-electron chi connectivity index (χ0n) is 9.46. The summed E-state index contributed by atoms with van der Waals surface area (Å²) >= 11 is 3.33. The third-order valence-electron chi connectivity index (χ3n) is 2.05. The van der Waals surface area contributed by atoms with Gasteiger partial charge in [0.15, 0.2) is 5.78 Å². The van der Waals surface area contributed by atoms with Gasteiger partial charge in [-0.1, -0.05) is 22.9 Å². The molecule has 0 aromatic heterocycles. The molecule has 0 heterocycles. The highest BCUT2D eigenvalue weighted by molar-refractivity contribution is 9.10. The predicted octanol–water partition coefficient (Wildman–Crippen LogP) is 3.07. The molecular weight excluding hydrogens is 272 g/mol. The van der Waals surface area contributed by atoms with Crippen LogP contribution in [-0.4, -0.2) is 26.1 Å². The fourth-order valence-electron chi connectivity index (χ4n) is 1.28. The van der Waals surface area contributed by atoms with Gasteiger partial charge in [0.25, 0.3) is 0 Å². The van der Waals surface area contributed by atoms with Crippen molar-refractivity contribution in [3.8, 4) is 5.75 Å². The monoisotopic (exact) mass is 286 g/mol. The summed E-state index contributed by atoms with van der Waals surface area (Å²) in [7, 11) is 1.55. The van der Waals surface area contributed by atoms with E-state index in [1.165, 1.54) is 0 Å². The largest absolute Gasteiger partial charge is 0.496 e. The highest BCUT2D eigenvalue weighted by Crippen LogP contribution is 2.23. The lowest BCUT2D eigenvalue weighted by molar-refractivity contribution is 0.0758. The first-order valence-electron chi connectivity index (χ1n) is 5.13. The Labute approximate surface area is 104 Å². The first-order chi connectivity index (χ1) is 7.69. The standard InChI is InChI=1S/C12H15BrO3/c1-3-6-16-8-11(14)10-5-4-9(13)7-12(10)15-2/h4-5,7H,3,6,8H2,1-2H3. The summed E-state index contributed by atoms with van der Waals surface area (Å²) in [5.41, 5.74) is 0.557. The van der Waals surface area contributed by atoms with Crippen LogP contribution in [0.3, 0.4) is 0 Å². The second-order valence-electron chi connectivity index (χ2n) is 3.32. The molecule has 3 nitrogen and oxygen atoms in total. The molecule has 16 heavy (non-hydrogen) atoms. The normalized spacial score (nSPS) is 10.2. The maximum Gasteiger partial charge on any atom is 0.192 e. The van der Waals surface area contributed by atoms with Crippen LogP contribution in [0.15, 0.2) is 22.7 Å². The number of hydrogen-bond donors (Lipinski definition) is 0. The topological polar surface area (TPSA) is 35.5 Å². The zero-order valence-corrected chi connectivity index (χ0v) is 11.0. The quantitative estimate of drug-likeness (QED) is 0.596. The molecule has 0 spiro atoms. The summed E-state index contributed by atoms with van der Waals surface area (Å²) in [5.74, 6) is 0.511. The van der Waals surface area contributed by atoms with Crippen LogP contribution in [0.4, 0.5) is 0 Å². The SMILES string of the molecule is CCCOCC(=O)c1ccc(Br)cc1OC. The first-order valence-corrected chi connectivity index (χ1v) is 5.92. The molecule has 0 saturated carbocycles. The van der Waals surface area contributed by atoms with Crippen molar-refractivity contribution in [3.05, 3.63) is 28.2 Å². The number of hydrogen-bond acceptors (Lipinski definition) is 3. The van der Waals surface area contributed by atoms with E-state index >= 15 is 0 Å². The van der Waals surface area contributed by atoms with Gasteiger partial charge in [0.1, 0.15) is 12.4 Å². The first kappa shape index (κ1) is 13.2. The Hall–Kier alpha value is -0.870. The van der Waals surface area contributed by atoms with Gasteiger partial charge in [-0.15, -0.1) is 0 Å². The van der Waals surface area contributed by atoms with Crippen molar-refractivity contribution in [2.24, 2.45) is 0 Å². The Kier molecular flexibility index (Phi) is 5.49. The lowest BCUT2D eigenvalue weighted by Crippen LogP contribution is -2.10. The number of ketones is 1. The summed E-state index contributed by atoms with van der Waals surface area (Å²) in [4.78, 5) is 11.8. The summed E-state index contributed by atoms with van der Waals surface area (Å²) in [5, 5.41) is 0. The maximum absolute atomic E-state index is 11.8. The van der Waals surface area contributed by atoms with Crippen LogP contribution in [0, 0.1) is 0 Å². The van der Waals surface area contributed by atoms with E-state index in [1.807, 2.05) is 13.0 Å². The van der Waals surface area contributed by atoms with Crippen molar-refractivity contribution < 1.29 is 14.3 Å². The number of carbonyl (C=O) groups is 1. The summed E-state index contributed by atoms with van der Waals surface area (Å²) < 4.78 is 11.2. The van der Waals surface area contributed by atoms with Crippen LogP contribution in [0.1, 0.15) is 23.7 Å². The number of Topliss-reactive ketones (excluding diaryl/α,β-unsaturated/α-hetero) is 1. The van der Waals surface area contributed by atoms with Crippen molar-refractivity contribution in [3.63, 3.8) is 0 Å². The van der Waals surface area contributed by atoms with Gasteiger partial charge in [-0.05, 0) is 24.6 Å². The van der Waals surface area contributed by atoms with E-state index in [9.17, 15) is 4.79 Å². The molecule has 0 saturated heterocycles. The van der Waals surface area contributed by atoms with Gasteiger partial charge in [0.05, 0.1) is 12.7 Å². The summed E-state index contributed by atoms with van der Waals surface area (Å²) in [6, 6.07) is 5.32. The highest BCUT2D eigenvalue weighted by Gasteiger charge is 2.12. The van der Waals surface area contributed by atoms with Crippen molar-refractivity contribution in [1.29, 1.82) is 0 Å². The molecule has 0 amide bonds. The molecule has 0 aliphatic rings. The van der Waals surface area contributed by atoms with Crippen LogP contribution in [-0.2, 0) is 4.74 Å². The van der Waals surface area contributed by atoms with E-state index in [0.717, 1.165) is 10.9 Å². The molecule has 0 aliphatic heterocycles. The smallest absolute Gasteiger partial charge is 0.192 e. The van der Waals surface area contributed by atoms with Crippen molar-refractivity contribution in [2.45, 2.75) is 13.3 Å². The fraction of sp³-hybridized carbons (Fsp3) is 0.417. The van der Waals surface area contributed by atoms with E-state index in [0.29, 0.717) is 17.9 Å². The Balaban J connectivity index is 2.74. The average molecular weight is 287 g/mol. The van der Waals surface area contributed by atoms with Gasteiger partial charge >= 0.3 is 0 Å². The van der Waals surface area contributed by atoms with Crippen LogP contribution < -0.4 is 4.74 Å². The lowest BCUT2D eigenvalue weighted by Gasteiger charge is -2.08. The number of carbonyl (C=O) groups excluding carboxylic acids is 1. The molecule has 1 aromatic rings. The Morgan fingerprint density at radius 2 is 2.19 bits per heavy atom. The molecule has 1 aromatic carbocycles. The lowest BCUT2D eigenvalue weighted by atomic mass is 10.1. The molecule has 1 rings (SSSR count). The summed E-state index contributed by atoms with van der Waals surface area (Å²) in [6.07, 6.45) is 0.907. The number of methoxy groups -OCH3 is 1. The molecule has 4 heteroatoms. The van der Waals surface area contributed by atoms with Crippen LogP contribution in [0.5, 0.6) is 5.75 Å². The highest BCUT2D eigenvalue weighted by atomic mass is 79.9. The van der Waals surface area contributed by atoms with E-state index < -0.39 is 0 Å². The third kappa shape index (κ3) is 3.61. The molecule has 0 radical (unpaired) electrons. The third-order valence-corrected chi connectivity index (χ3v) is 2.54. The number of halogens is 1. The molecular formula is C12H15BrO3. The molecule has 88 valence electrons. The molecule has 0 aliphatic carbocycles. The number of rotatable bonds is 6. The minimum atomic E-state index is -0.0576. The second kappa shape index (κ2) is 6.66. The molecule has 0 bridgehead atoms. The Morgan fingerprint density at radius 1 is 1.44 bits per heavy atom. The molecule has 0 N–H and O–H groups in total. The molecule has 0 fully saturated rings. The van der Waals surface area contributed by atoms with Crippen LogP contribution in [0.25, 0.3) is 0 Å². The van der Waals surface area contributed by atoms with Gasteiger partial charge in [-0.25, -0.2) is 0 Å². The van der Waals surface area contributed by atoms with Gasteiger partial charge < -0.3 is 9.47 Å². The number of ether oxygens (including phenoxy) is 2. The predicted molar refractivity (Wildman–Crippen MR) is 66.1 cm³/mol. The van der Waals surface area contributed by atoms with E-state index in [-0.39, 0.29) is 12.4 Å². The Morgan fingerprint density at radius 3 is 2.81 bits per heavy atom. The van der Waals surface area contributed by atoms with E-state index in [1.54, 1.807) is 19.2 Å². The second-order valence-corrected chi connectivity index (χ2v) is 4.24. The minimum absolute atomic E-state index is 0.0576. The molecule has 0 atom stereocenters. The van der Waals surface area contributed by atoms with Gasteiger partial charge in [0.2, 0.25) is 0 Å².